The van der Waals surface area contributed by atoms with Gasteiger partial charge in [0, 0.05) is 0 Å². The van der Waals surface area contributed by atoms with E-state index in [1.54, 1.807) is 0 Å². The van der Waals surface area contributed by atoms with Crippen molar-refractivity contribution in [3.63, 3.8) is 0 Å². The smallest absolute Gasteiger partial charge is 0.0782 e. The molecule has 0 aromatic rings. The number of hydrogen-bond acceptors (Lipinski definition) is 0. The molecular formula is C48H100ClN. The summed E-state index contributed by atoms with van der Waals surface area (Å²) in [5.74, 6) is 0. The van der Waals surface area contributed by atoms with E-state index < -0.39 is 0 Å². The predicted octanol–water partition coefficient (Wildman–Crippen LogP) is 14.5. The fourth-order valence-electron chi connectivity index (χ4n) is 8.06. The first kappa shape index (κ1) is 52.4. The maximum Gasteiger partial charge on any atom is 0.0782 e. The Morgan fingerprint density at radius 2 is 0.320 bits per heavy atom. The Bertz CT molecular complexity index is 527. The van der Waals surface area contributed by atoms with Crippen LogP contribution < -0.4 is 12.4 Å². The third kappa shape index (κ3) is 46.3. The molecule has 0 fully saturated rings. The summed E-state index contributed by atoms with van der Waals surface area (Å²) in [4.78, 5) is 0. The Hall–Kier alpha value is 0.250. The molecular weight excluding hydrogens is 626 g/mol. The van der Waals surface area contributed by atoms with Crippen molar-refractivity contribution < 1.29 is 16.9 Å². The highest BCUT2D eigenvalue weighted by Crippen LogP contribution is 2.18. The van der Waals surface area contributed by atoms with Crippen molar-refractivity contribution in [1.82, 2.24) is 0 Å². The predicted molar refractivity (Wildman–Crippen MR) is 227 cm³/mol. The maximum atomic E-state index is 2.48. The van der Waals surface area contributed by atoms with Crippen LogP contribution >= 0.6 is 0 Å². The first-order valence-corrected chi connectivity index (χ1v) is 23.9. The first-order valence-electron chi connectivity index (χ1n) is 23.9. The van der Waals surface area contributed by atoms with E-state index in [1.165, 1.54) is 287 Å². The largest absolute Gasteiger partial charge is 1.00 e. The van der Waals surface area contributed by atoms with Crippen LogP contribution in [0.3, 0.4) is 0 Å². The van der Waals surface area contributed by atoms with Crippen LogP contribution in [0, 0.1) is 0 Å². The van der Waals surface area contributed by atoms with E-state index in [-0.39, 0.29) is 12.4 Å². The van der Waals surface area contributed by atoms with E-state index in [1.807, 2.05) is 0 Å². The fraction of sp³-hybridized carbons (Fsp3) is 1.00. The normalized spacial score (nSPS) is 11.8. The van der Waals surface area contributed by atoms with E-state index >= 15 is 0 Å². The molecule has 0 heterocycles. The molecule has 304 valence electrons. The molecule has 0 unspecified atom stereocenters. The zero-order valence-corrected chi connectivity index (χ0v) is 36.7. The number of rotatable bonds is 44. The Balaban J connectivity index is 0. The average molecular weight is 727 g/mol. The van der Waals surface area contributed by atoms with Crippen LogP contribution in [-0.2, 0) is 0 Å². The summed E-state index contributed by atoms with van der Waals surface area (Å²) in [6.07, 6.45) is 61.9. The summed E-state index contributed by atoms with van der Waals surface area (Å²) in [5, 5.41) is 0. The van der Waals surface area contributed by atoms with Gasteiger partial charge in [-0.15, -0.1) is 0 Å². The van der Waals surface area contributed by atoms with Gasteiger partial charge in [-0.2, -0.15) is 0 Å². The van der Waals surface area contributed by atoms with Crippen LogP contribution in [0.25, 0.3) is 0 Å². The van der Waals surface area contributed by atoms with Gasteiger partial charge in [0.15, 0.2) is 0 Å². The van der Waals surface area contributed by atoms with Crippen molar-refractivity contribution in [2.75, 3.05) is 27.2 Å². The highest BCUT2D eigenvalue weighted by Gasteiger charge is 2.13. The van der Waals surface area contributed by atoms with Crippen LogP contribution in [0.1, 0.15) is 284 Å². The lowest BCUT2D eigenvalue weighted by Gasteiger charge is -2.30. The average Bonchev–Trinajstić information content (AvgIpc) is 3.09. The number of hydrogen-bond donors (Lipinski definition) is 0. The maximum absolute atomic E-state index is 2.48. The SMILES string of the molecule is CCCCCCCCCCCCCCCCCCCCCCC[N+](C)(C)CCCCCCCCCCCCCCCCCCCCCCC.[Cl-]. The van der Waals surface area contributed by atoms with Crippen molar-refractivity contribution in [3.8, 4) is 0 Å². The van der Waals surface area contributed by atoms with Crippen LogP contribution in [0.2, 0.25) is 0 Å². The highest BCUT2D eigenvalue weighted by molar-refractivity contribution is 4.53. The molecule has 1 nitrogen and oxygen atoms in total. The quantitative estimate of drug-likeness (QED) is 0.0433. The molecule has 0 aromatic carbocycles. The molecule has 0 radical (unpaired) electrons. The van der Waals surface area contributed by atoms with Gasteiger partial charge < -0.3 is 16.9 Å². The van der Waals surface area contributed by atoms with Crippen molar-refractivity contribution in [2.45, 2.75) is 284 Å². The molecule has 50 heavy (non-hydrogen) atoms. The molecule has 0 amide bonds. The lowest BCUT2D eigenvalue weighted by atomic mass is 10.0. The summed E-state index contributed by atoms with van der Waals surface area (Å²) in [7, 11) is 4.96. The van der Waals surface area contributed by atoms with Gasteiger partial charge in [0.05, 0.1) is 27.2 Å². The summed E-state index contributed by atoms with van der Waals surface area (Å²) in [6, 6.07) is 0. The minimum atomic E-state index is 0. The zero-order valence-electron chi connectivity index (χ0n) is 35.9. The zero-order chi connectivity index (χ0) is 35.6. The molecule has 0 saturated heterocycles. The summed E-state index contributed by atoms with van der Waals surface area (Å²) in [6.45, 7) is 7.40. The Kier molecular flexibility index (Phi) is 47.5. The Labute approximate surface area is 326 Å². The van der Waals surface area contributed by atoms with Gasteiger partial charge in [0.25, 0.3) is 0 Å². The molecule has 0 aliphatic rings. The molecule has 0 aliphatic heterocycles. The monoisotopic (exact) mass is 726 g/mol. The molecule has 0 bridgehead atoms. The molecule has 0 aliphatic carbocycles. The van der Waals surface area contributed by atoms with Crippen molar-refractivity contribution in [2.24, 2.45) is 0 Å². The summed E-state index contributed by atoms with van der Waals surface area (Å²) in [5.41, 5.74) is 0. The minimum absolute atomic E-state index is 0. The standard InChI is InChI=1S/C48H100N.ClH/c1-5-7-9-11-13-15-17-19-21-23-25-27-29-31-33-35-37-39-41-43-45-47-49(3,4)48-46-44-42-40-38-36-34-32-30-28-26-24-22-20-18-16-14-12-10-8-6-2;/h5-48H2,1-4H3;1H/q+1;/p-1. The Morgan fingerprint density at radius 3 is 0.460 bits per heavy atom. The third-order valence-electron chi connectivity index (χ3n) is 11.7. The summed E-state index contributed by atoms with van der Waals surface area (Å²) >= 11 is 0. The van der Waals surface area contributed by atoms with E-state index in [9.17, 15) is 0 Å². The van der Waals surface area contributed by atoms with Crippen LogP contribution in [0.5, 0.6) is 0 Å². The van der Waals surface area contributed by atoms with Gasteiger partial charge >= 0.3 is 0 Å². The van der Waals surface area contributed by atoms with Gasteiger partial charge in [-0.25, -0.2) is 0 Å². The van der Waals surface area contributed by atoms with E-state index in [0.29, 0.717) is 0 Å². The number of nitrogens with zero attached hydrogens (tertiary/aromatic N) is 1. The number of quaternary nitrogens is 1. The second-order valence-corrected chi connectivity index (χ2v) is 17.5. The molecule has 0 rings (SSSR count). The van der Waals surface area contributed by atoms with Crippen molar-refractivity contribution in [1.29, 1.82) is 0 Å². The molecule has 2 heteroatoms. The second kappa shape index (κ2) is 45.4. The Morgan fingerprint density at radius 1 is 0.200 bits per heavy atom. The van der Waals surface area contributed by atoms with Gasteiger partial charge in [-0.05, 0) is 25.7 Å². The first-order chi connectivity index (χ1) is 24.1. The topological polar surface area (TPSA) is 0 Å². The molecule has 0 spiro atoms. The second-order valence-electron chi connectivity index (χ2n) is 17.5. The van der Waals surface area contributed by atoms with E-state index in [4.69, 9.17) is 0 Å². The summed E-state index contributed by atoms with van der Waals surface area (Å²) < 4.78 is 1.25. The van der Waals surface area contributed by atoms with Gasteiger partial charge in [-0.3, -0.25) is 0 Å². The van der Waals surface area contributed by atoms with Crippen LogP contribution in [0.4, 0.5) is 0 Å². The molecule has 0 N–H and O–H groups in total. The van der Waals surface area contributed by atoms with Crippen molar-refractivity contribution >= 4 is 0 Å². The third-order valence-corrected chi connectivity index (χ3v) is 11.7. The van der Waals surface area contributed by atoms with Gasteiger partial charge in [0.1, 0.15) is 0 Å². The highest BCUT2D eigenvalue weighted by atomic mass is 35.5. The van der Waals surface area contributed by atoms with Crippen LogP contribution in [-0.4, -0.2) is 31.7 Å². The van der Waals surface area contributed by atoms with Crippen LogP contribution in [0.15, 0.2) is 0 Å². The fourth-order valence-corrected chi connectivity index (χ4v) is 8.06. The molecule has 0 atom stereocenters. The van der Waals surface area contributed by atoms with Gasteiger partial charge in [-0.1, -0.05) is 258 Å². The lowest BCUT2D eigenvalue weighted by molar-refractivity contribution is -0.890. The molecule has 0 aromatic heterocycles. The van der Waals surface area contributed by atoms with Crippen molar-refractivity contribution in [3.05, 3.63) is 0 Å². The van der Waals surface area contributed by atoms with Gasteiger partial charge in [0.2, 0.25) is 0 Å². The lowest BCUT2D eigenvalue weighted by Crippen LogP contribution is -3.00. The molecule has 0 saturated carbocycles. The van der Waals surface area contributed by atoms with E-state index in [0.717, 1.165) is 0 Å². The minimum Gasteiger partial charge on any atom is -1.00 e. The van der Waals surface area contributed by atoms with E-state index in [2.05, 4.69) is 27.9 Å². The number of unbranched alkanes of at least 4 members (excludes halogenated alkanes) is 40. The number of halogens is 1.